The third-order valence-corrected chi connectivity index (χ3v) is 4.88. The van der Waals surface area contributed by atoms with E-state index in [-0.39, 0.29) is 12.5 Å². The maximum absolute atomic E-state index is 12.5. The zero-order chi connectivity index (χ0) is 18.0. The van der Waals surface area contributed by atoms with Crippen LogP contribution in [0.3, 0.4) is 0 Å². The highest BCUT2D eigenvalue weighted by Crippen LogP contribution is 2.21. The largest absolute Gasteiger partial charge is 0.308 e. The number of nitrogens with one attached hydrogen (secondary N) is 1. The summed E-state index contributed by atoms with van der Waals surface area (Å²) in [5.74, 6) is 0.0616. The molecule has 0 bridgehead atoms. The maximum Gasteiger partial charge on any atom is 0.247 e. The summed E-state index contributed by atoms with van der Waals surface area (Å²) in [6, 6.07) is 11.4. The fourth-order valence-corrected chi connectivity index (χ4v) is 2.74. The van der Waals surface area contributed by atoms with E-state index >= 15 is 0 Å². The number of aryl methyl sites for hydroxylation is 1. The van der Waals surface area contributed by atoms with Crippen molar-refractivity contribution in [1.82, 2.24) is 19.6 Å². The highest BCUT2D eigenvalue weighted by molar-refractivity contribution is 9.10. The zero-order valence-electron chi connectivity index (χ0n) is 13.7. The molecule has 126 valence electrons. The number of nitriles is 1. The number of carbonyl (C=O) groups excluding carboxylic acids is 1. The van der Waals surface area contributed by atoms with Gasteiger partial charge in [-0.25, -0.2) is 4.68 Å². The molecule has 0 fully saturated rings. The first kappa shape index (κ1) is 16.9. The van der Waals surface area contributed by atoms with Gasteiger partial charge in [0.2, 0.25) is 5.91 Å². The number of anilines is 1. The lowest BCUT2D eigenvalue weighted by atomic mass is 10.3. The lowest BCUT2D eigenvalue weighted by Crippen LogP contribution is -2.22. The Morgan fingerprint density at radius 2 is 2.04 bits per heavy atom. The number of halogens is 1. The van der Waals surface area contributed by atoms with E-state index in [4.69, 9.17) is 0 Å². The fourth-order valence-electron chi connectivity index (χ4n) is 2.45. The van der Waals surface area contributed by atoms with Gasteiger partial charge in [0.05, 0.1) is 27.7 Å². The van der Waals surface area contributed by atoms with Crippen LogP contribution in [0, 0.1) is 25.2 Å². The Bertz CT molecular complexity index is 967. The van der Waals surface area contributed by atoms with E-state index in [0.717, 1.165) is 21.5 Å². The third-order valence-electron chi connectivity index (χ3n) is 3.73. The molecule has 0 saturated heterocycles. The minimum Gasteiger partial charge on any atom is -0.308 e. The minimum atomic E-state index is -0.285. The molecule has 0 aliphatic rings. The molecule has 25 heavy (non-hydrogen) atoms. The van der Waals surface area contributed by atoms with Gasteiger partial charge < -0.3 is 5.32 Å². The van der Waals surface area contributed by atoms with Crippen molar-refractivity contribution in [2.45, 2.75) is 20.4 Å². The molecule has 0 atom stereocenters. The van der Waals surface area contributed by atoms with Gasteiger partial charge in [0.15, 0.2) is 5.82 Å². The van der Waals surface area contributed by atoms with Crippen molar-refractivity contribution in [3.8, 4) is 11.8 Å². The summed E-state index contributed by atoms with van der Waals surface area (Å²) >= 11 is 3.44. The molecule has 1 N–H and O–H groups in total. The number of rotatable bonds is 4. The smallest absolute Gasteiger partial charge is 0.247 e. The summed E-state index contributed by atoms with van der Waals surface area (Å²) in [7, 11) is 0. The van der Waals surface area contributed by atoms with Gasteiger partial charge in [-0.15, -0.1) is 0 Å². The first-order valence-corrected chi connectivity index (χ1v) is 8.33. The molecule has 0 aliphatic carbocycles. The lowest BCUT2D eigenvalue weighted by Gasteiger charge is -2.10. The molecule has 3 aromatic rings. The summed E-state index contributed by atoms with van der Waals surface area (Å²) in [4.78, 5) is 12.5. The van der Waals surface area contributed by atoms with Crippen LogP contribution in [0.2, 0.25) is 0 Å². The van der Waals surface area contributed by atoms with E-state index < -0.39 is 0 Å². The predicted octanol–water partition coefficient (Wildman–Crippen LogP) is 2.96. The van der Waals surface area contributed by atoms with E-state index in [1.54, 1.807) is 4.68 Å². The number of carbonyl (C=O) groups is 1. The second-order valence-corrected chi connectivity index (χ2v) is 6.25. The first-order valence-electron chi connectivity index (χ1n) is 7.54. The van der Waals surface area contributed by atoms with E-state index in [1.807, 2.05) is 44.2 Å². The molecule has 0 saturated carbocycles. The Balaban J connectivity index is 1.87. The van der Waals surface area contributed by atoms with Crippen LogP contribution >= 0.6 is 15.9 Å². The van der Waals surface area contributed by atoms with Crippen LogP contribution < -0.4 is 5.32 Å². The molecule has 8 heteroatoms. The molecule has 0 aliphatic heterocycles. The molecule has 0 spiro atoms. The van der Waals surface area contributed by atoms with E-state index in [0.29, 0.717) is 11.4 Å². The molecule has 2 aromatic heterocycles. The standard InChI is InChI=1S/C17H15BrN6O/c1-11-16(18)12(2)23(22-11)10-15(25)21-17-13(8-19)9-20-24(17)14-6-4-3-5-7-14/h3-7,9H,10H2,1-2H3,(H,21,25). The normalized spacial score (nSPS) is 10.5. The molecular formula is C17H15BrN6O. The number of hydrogen-bond donors (Lipinski definition) is 1. The van der Waals surface area contributed by atoms with Crippen molar-refractivity contribution in [3.63, 3.8) is 0 Å². The Morgan fingerprint density at radius 3 is 2.64 bits per heavy atom. The minimum absolute atomic E-state index is 0.0448. The molecule has 3 rings (SSSR count). The van der Waals surface area contributed by atoms with Gasteiger partial charge in [-0.3, -0.25) is 9.48 Å². The zero-order valence-corrected chi connectivity index (χ0v) is 15.3. The van der Waals surface area contributed by atoms with E-state index in [1.165, 1.54) is 10.9 Å². The van der Waals surface area contributed by atoms with Gasteiger partial charge in [0.25, 0.3) is 0 Å². The molecule has 1 amide bonds. The van der Waals surface area contributed by atoms with Crippen LogP contribution in [0.1, 0.15) is 17.0 Å². The third kappa shape index (κ3) is 3.32. The van der Waals surface area contributed by atoms with Crippen LogP contribution in [0.4, 0.5) is 5.82 Å². The van der Waals surface area contributed by atoms with Crippen molar-refractivity contribution < 1.29 is 4.79 Å². The predicted molar refractivity (Wildman–Crippen MR) is 96.3 cm³/mol. The SMILES string of the molecule is Cc1nn(CC(=O)Nc2c(C#N)cnn2-c2ccccc2)c(C)c1Br. The average Bonchev–Trinajstić information content (AvgIpc) is 3.12. The van der Waals surface area contributed by atoms with E-state index in [9.17, 15) is 10.1 Å². The highest BCUT2D eigenvalue weighted by atomic mass is 79.9. The lowest BCUT2D eigenvalue weighted by molar-refractivity contribution is -0.117. The van der Waals surface area contributed by atoms with Crippen LogP contribution in [-0.4, -0.2) is 25.5 Å². The van der Waals surface area contributed by atoms with Gasteiger partial charge in [0, 0.05) is 0 Å². The summed E-state index contributed by atoms with van der Waals surface area (Å²) < 4.78 is 4.03. The number of aromatic nitrogens is 4. The molecular weight excluding hydrogens is 384 g/mol. The fraction of sp³-hybridized carbons (Fsp3) is 0.176. The number of benzene rings is 1. The number of hydrogen-bond acceptors (Lipinski definition) is 4. The Kier molecular flexibility index (Phi) is 4.67. The van der Waals surface area contributed by atoms with Crippen LogP contribution in [0.15, 0.2) is 41.0 Å². The van der Waals surface area contributed by atoms with Gasteiger partial charge in [-0.2, -0.15) is 15.5 Å². The summed E-state index contributed by atoms with van der Waals surface area (Å²) in [5.41, 5.74) is 2.74. The van der Waals surface area contributed by atoms with Crippen molar-refractivity contribution in [3.05, 3.63) is 58.0 Å². The summed E-state index contributed by atoms with van der Waals surface area (Å²) in [6.07, 6.45) is 1.43. The molecule has 0 radical (unpaired) electrons. The monoisotopic (exact) mass is 398 g/mol. The Morgan fingerprint density at radius 1 is 1.32 bits per heavy atom. The Hall–Kier alpha value is -2.92. The molecule has 0 unspecified atom stereocenters. The van der Waals surface area contributed by atoms with Gasteiger partial charge in [-0.05, 0) is 41.9 Å². The second kappa shape index (κ2) is 6.91. The van der Waals surface area contributed by atoms with Crippen LogP contribution in [-0.2, 0) is 11.3 Å². The quantitative estimate of drug-likeness (QED) is 0.731. The van der Waals surface area contributed by atoms with Crippen molar-refractivity contribution in [2.24, 2.45) is 0 Å². The number of nitrogens with zero attached hydrogens (tertiary/aromatic N) is 5. The van der Waals surface area contributed by atoms with Gasteiger partial charge >= 0.3 is 0 Å². The van der Waals surface area contributed by atoms with Crippen LogP contribution in [0.5, 0.6) is 0 Å². The number of amides is 1. The maximum atomic E-state index is 12.5. The topological polar surface area (TPSA) is 88.5 Å². The van der Waals surface area contributed by atoms with E-state index in [2.05, 4.69) is 37.5 Å². The van der Waals surface area contributed by atoms with Crippen molar-refractivity contribution >= 4 is 27.7 Å². The average molecular weight is 399 g/mol. The van der Waals surface area contributed by atoms with Crippen molar-refractivity contribution in [1.29, 1.82) is 5.26 Å². The first-order chi connectivity index (χ1) is 12.0. The molecule has 7 nitrogen and oxygen atoms in total. The van der Waals surface area contributed by atoms with Crippen LogP contribution in [0.25, 0.3) is 5.69 Å². The molecule has 1 aromatic carbocycles. The second-order valence-electron chi connectivity index (χ2n) is 5.46. The highest BCUT2D eigenvalue weighted by Gasteiger charge is 2.17. The summed E-state index contributed by atoms with van der Waals surface area (Å²) in [5, 5.41) is 20.6. The molecule has 2 heterocycles. The Labute approximate surface area is 153 Å². The number of para-hydroxylation sites is 1. The van der Waals surface area contributed by atoms with Gasteiger partial charge in [0.1, 0.15) is 18.2 Å². The van der Waals surface area contributed by atoms with Gasteiger partial charge in [-0.1, -0.05) is 18.2 Å². The van der Waals surface area contributed by atoms with Crippen molar-refractivity contribution in [2.75, 3.05) is 5.32 Å². The summed E-state index contributed by atoms with van der Waals surface area (Å²) in [6.45, 7) is 3.79.